The van der Waals surface area contributed by atoms with E-state index in [0.717, 1.165) is 4.57 Å². The van der Waals surface area contributed by atoms with Crippen LogP contribution >= 0.6 is 0 Å². The van der Waals surface area contributed by atoms with Crippen LogP contribution in [-0.4, -0.2) is 30.4 Å². The van der Waals surface area contributed by atoms with E-state index in [2.05, 4.69) is 10.3 Å². The van der Waals surface area contributed by atoms with Crippen molar-refractivity contribution in [1.82, 2.24) is 18.7 Å². The number of nitrogens with zero attached hydrogens (tertiary/aromatic N) is 4. The van der Waals surface area contributed by atoms with Gasteiger partial charge in [0.2, 0.25) is 5.91 Å². The number of ketones is 1. The van der Waals surface area contributed by atoms with E-state index >= 15 is 0 Å². The lowest BCUT2D eigenvalue weighted by Crippen LogP contribution is -2.37. The molecule has 3 aromatic rings. The van der Waals surface area contributed by atoms with E-state index in [1.54, 1.807) is 35.9 Å². The number of carbonyl (C=O) groups is 2. The van der Waals surface area contributed by atoms with Crippen molar-refractivity contribution < 1.29 is 9.59 Å². The maximum Gasteiger partial charge on any atom is 0.332 e. The van der Waals surface area contributed by atoms with E-state index in [0.29, 0.717) is 35.4 Å². The van der Waals surface area contributed by atoms with Crippen LogP contribution in [0, 0.1) is 0 Å². The minimum atomic E-state index is -0.432. The molecule has 0 bridgehead atoms. The first-order chi connectivity index (χ1) is 13.3. The molecule has 0 radical (unpaired) electrons. The molecular formula is C19H21N5O4. The van der Waals surface area contributed by atoms with E-state index in [9.17, 15) is 19.2 Å². The smallest absolute Gasteiger partial charge is 0.326 e. The monoisotopic (exact) mass is 383 g/mol. The number of amides is 1. The Labute approximate surface area is 160 Å². The molecule has 0 atom stereocenters. The fraction of sp³-hybridized carbons (Fsp3) is 0.316. The van der Waals surface area contributed by atoms with Gasteiger partial charge in [0.25, 0.3) is 5.56 Å². The number of nitrogens with one attached hydrogen (secondary N) is 1. The first-order valence-electron chi connectivity index (χ1n) is 8.81. The zero-order chi connectivity index (χ0) is 20.4. The van der Waals surface area contributed by atoms with Crippen molar-refractivity contribution in [2.45, 2.75) is 26.3 Å². The molecule has 0 fully saturated rings. The van der Waals surface area contributed by atoms with Crippen molar-refractivity contribution in [3.8, 4) is 0 Å². The van der Waals surface area contributed by atoms with Gasteiger partial charge in [-0.25, -0.2) is 9.78 Å². The van der Waals surface area contributed by atoms with Gasteiger partial charge in [0.15, 0.2) is 16.9 Å². The van der Waals surface area contributed by atoms with E-state index in [4.69, 9.17) is 0 Å². The molecule has 0 unspecified atom stereocenters. The Kier molecular flexibility index (Phi) is 5.25. The van der Waals surface area contributed by atoms with Crippen molar-refractivity contribution in [3.63, 3.8) is 0 Å². The van der Waals surface area contributed by atoms with Gasteiger partial charge >= 0.3 is 5.69 Å². The fourth-order valence-electron chi connectivity index (χ4n) is 2.99. The summed E-state index contributed by atoms with van der Waals surface area (Å²) in [5.74, 6) is -0.200. The first-order valence-corrected chi connectivity index (χ1v) is 8.81. The van der Waals surface area contributed by atoms with Gasteiger partial charge in [0.1, 0.15) is 0 Å². The largest absolute Gasteiger partial charge is 0.332 e. The topological polar surface area (TPSA) is 108 Å². The molecule has 1 aromatic carbocycles. The van der Waals surface area contributed by atoms with Crippen LogP contribution in [0.3, 0.4) is 0 Å². The zero-order valence-corrected chi connectivity index (χ0v) is 15.9. The lowest BCUT2D eigenvalue weighted by atomic mass is 10.1. The molecule has 146 valence electrons. The Bertz CT molecular complexity index is 1170. The SMILES string of the molecule is CC(=O)c1ccc(NC(=O)CCCn2cnc3c2c(=O)n(C)c(=O)n3C)cc1. The second-order valence-corrected chi connectivity index (χ2v) is 6.60. The summed E-state index contributed by atoms with van der Waals surface area (Å²) in [5, 5.41) is 2.78. The van der Waals surface area contributed by atoms with E-state index < -0.39 is 11.2 Å². The standard InChI is InChI=1S/C19H21N5O4/c1-12(25)13-6-8-14(9-7-13)21-15(26)5-4-10-24-11-20-17-16(24)18(27)23(3)19(28)22(17)2/h6-9,11H,4-5,10H2,1-3H3,(H,21,26). The van der Waals surface area contributed by atoms with Gasteiger partial charge in [0, 0.05) is 38.3 Å². The van der Waals surface area contributed by atoms with Gasteiger partial charge in [-0.1, -0.05) is 0 Å². The van der Waals surface area contributed by atoms with Crippen molar-refractivity contribution in [2.24, 2.45) is 14.1 Å². The summed E-state index contributed by atoms with van der Waals surface area (Å²) in [7, 11) is 2.98. The Morgan fingerprint density at radius 2 is 1.75 bits per heavy atom. The third-order valence-electron chi connectivity index (χ3n) is 4.60. The number of aryl methyl sites for hydroxylation is 2. The van der Waals surface area contributed by atoms with Crippen LogP contribution in [0.25, 0.3) is 11.2 Å². The molecule has 0 aliphatic rings. The Hall–Kier alpha value is -3.49. The molecule has 0 aliphatic carbocycles. The van der Waals surface area contributed by atoms with Crippen molar-refractivity contribution >= 4 is 28.5 Å². The number of hydrogen-bond donors (Lipinski definition) is 1. The second kappa shape index (κ2) is 7.63. The van der Waals surface area contributed by atoms with Crippen LogP contribution in [-0.2, 0) is 25.4 Å². The molecule has 9 nitrogen and oxygen atoms in total. The number of benzene rings is 1. The molecule has 0 saturated carbocycles. The predicted octanol–water partition coefficient (Wildman–Crippen LogP) is 1.06. The number of imidazole rings is 1. The van der Waals surface area contributed by atoms with Crippen LogP contribution in [0.5, 0.6) is 0 Å². The second-order valence-electron chi connectivity index (χ2n) is 6.60. The lowest BCUT2D eigenvalue weighted by molar-refractivity contribution is -0.116. The summed E-state index contributed by atoms with van der Waals surface area (Å²) < 4.78 is 4.02. The molecule has 0 saturated heterocycles. The summed E-state index contributed by atoms with van der Waals surface area (Å²) in [4.78, 5) is 51.9. The molecule has 9 heteroatoms. The minimum absolute atomic E-state index is 0.0333. The van der Waals surface area contributed by atoms with Crippen LogP contribution in [0.15, 0.2) is 40.2 Å². The van der Waals surface area contributed by atoms with Gasteiger partial charge < -0.3 is 9.88 Å². The highest BCUT2D eigenvalue weighted by molar-refractivity contribution is 5.95. The van der Waals surface area contributed by atoms with Crippen LogP contribution in [0.1, 0.15) is 30.1 Å². The van der Waals surface area contributed by atoms with E-state index in [-0.39, 0.29) is 18.1 Å². The predicted molar refractivity (Wildman–Crippen MR) is 105 cm³/mol. The van der Waals surface area contributed by atoms with Gasteiger partial charge in [-0.15, -0.1) is 0 Å². The molecule has 3 rings (SSSR count). The third kappa shape index (κ3) is 3.64. The highest BCUT2D eigenvalue weighted by atomic mass is 16.2. The van der Waals surface area contributed by atoms with E-state index in [1.807, 2.05) is 0 Å². The summed E-state index contributed by atoms with van der Waals surface area (Å²) in [6.45, 7) is 1.90. The van der Waals surface area contributed by atoms with Crippen LogP contribution in [0.4, 0.5) is 5.69 Å². The lowest BCUT2D eigenvalue weighted by Gasteiger charge is -2.08. The maximum absolute atomic E-state index is 12.4. The number of rotatable bonds is 6. The Balaban J connectivity index is 1.65. The summed E-state index contributed by atoms with van der Waals surface area (Å²) in [5.41, 5.74) is 1.02. The van der Waals surface area contributed by atoms with Crippen LogP contribution in [0.2, 0.25) is 0 Å². The molecule has 1 amide bonds. The molecular weight excluding hydrogens is 362 g/mol. The Morgan fingerprint density at radius 3 is 2.39 bits per heavy atom. The Morgan fingerprint density at radius 1 is 1.07 bits per heavy atom. The molecule has 0 spiro atoms. The third-order valence-corrected chi connectivity index (χ3v) is 4.60. The average molecular weight is 383 g/mol. The maximum atomic E-state index is 12.4. The number of fused-ring (bicyclic) bond motifs is 1. The molecule has 2 heterocycles. The van der Waals surface area contributed by atoms with Gasteiger partial charge in [-0.3, -0.25) is 23.5 Å². The number of aromatic nitrogens is 4. The van der Waals surface area contributed by atoms with Crippen molar-refractivity contribution in [2.75, 3.05) is 5.32 Å². The fourth-order valence-corrected chi connectivity index (χ4v) is 2.99. The normalized spacial score (nSPS) is 11.0. The molecule has 1 N–H and O–H groups in total. The van der Waals surface area contributed by atoms with Crippen molar-refractivity contribution in [3.05, 3.63) is 57.0 Å². The van der Waals surface area contributed by atoms with E-state index in [1.165, 1.54) is 24.9 Å². The van der Waals surface area contributed by atoms with Gasteiger partial charge in [-0.05, 0) is 37.6 Å². The first kappa shape index (κ1) is 19.3. The number of anilines is 1. The number of Topliss-reactive ketones (excluding diaryl/α,β-unsaturated/α-hetero) is 1. The molecule has 28 heavy (non-hydrogen) atoms. The highest BCUT2D eigenvalue weighted by Crippen LogP contribution is 2.12. The molecule has 2 aromatic heterocycles. The number of hydrogen-bond acceptors (Lipinski definition) is 5. The van der Waals surface area contributed by atoms with Gasteiger partial charge in [0.05, 0.1) is 6.33 Å². The summed E-state index contributed by atoms with van der Waals surface area (Å²) in [6, 6.07) is 6.69. The minimum Gasteiger partial charge on any atom is -0.326 e. The van der Waals surface area contributed by atoms with Crippen molar-refractivity contribution in [1.29, 1.82) is 0 Å². The molecule has 0 aliphatic heterocycles. The van der Waals surface area contributed by atoms with Crippen LogP contribution < -0.4 is 16.6 Å². The average Bonchev–Trinajstić information content (AvgIpc) is 3.09. The zero-order valence-electron chi connectivity index (χ0n) is 15.9. The summed E-state index contributed by atoms with van der Waals surface area (Å²) in [6.07, 6.45) is 2.25. The number of carbonyl (C=O) groups excluding carboxylic acids is 2. The highest BCUT2D eigenvalue weighted by Gasteiger charge is 2.14. The quantitative estimate of drug-likeness (QED) is 0.640. The van der Waals surface area contributed by atoms with Gasteiger partial charge in [-0.2, -0.15) is 0 Å². The summed E-state index contributed by atoms with van der Waals surface area (Å²) >= 11 is 0.